The molecule has 0 atom stereocenters. The van der Waals surface area contributed by atoms with Crippen molar-refractivity contribution in [3.8, 4) is 6.07 Å². The van der Waals surface area contributed by atoms with Crippen LogP contribution in [-0.4, -0.2) is 8.42 Å². The van der Waals surface area contributed by atoms with Crippen LogP contribution in [0.3, 0.4) is 0 Å². The third kappa shape index (κ3) is 2.76. The van der Waals surface area contributed by atoms with Crippen LogP contribution < -0.4 is 0 Å². The van der Waals surface area contributed by atoms with Gasteiger partial charge >= 0.3 is 0 Å². The Hall–Kier alpha value is -2.15. The Morgan fingerprint density at radius 1 is 1.36 bits per heavy atom. The van der Waals surface area contributed by atoms with E-state index in [1.807, 2.05) is 6.07 Å². The van der Waals surface area contributed by atoms with E-state index in [-0.39, 0.29) is 15.5 Å². The Balaban J connectivity index is 2.84. The first-order valence-corrected chi connectivity index (χ1v) is 8.83. The van der Waals surface area contributed by atoms with Crippen LogP contribution in [0, 0.1) is 23.3 Å². The maximum atomic E-state index is 12.9. The zero-order chi connectivity index (χ0) is 16.5. The van der Waals surface area contributed by atoms with Crippen LogP contribution in [0.5, 0.6) is 0 Å². The van der Waals surface area contributed by atoms with Crippen molar-refractivity contribution in [1.82, 2.24) is 0 Å². The number of nitrogens with zero attached hydrogens (tertiary/aromatic N) is 2. The number of nitriles is 1. The summed E-state index contributed by atoms with van der Waals surface area (Å²) in [6.07, 6.45) is 2.87. The summed E-state index contributed by atoms with van der Waals surface area (Å²) < 4.78 is 25.8. The molecule has 0 spiro atoms. The number of sulfone groups is 1. The number of rotatable bonds is 1. The van der Waals surface area contributed by atoms with Crippen molar-refractivity contribution >= 4 is 26.1 Å². The first kappa shape index (κ1) is 16.2. The molecular weight excluding hydrogens is 316 g/mol. The minimum Gasteiger partial charge on any atom is -0.226 e. The zero-order valence-electron chi connectivity index (χ0n) is 12.4. The largest absolute Gasteiger partial charge is 0.269 e. The van der Waals surface area contributed by atoms with Gasteiger partial charge < -0.3 is 0 Å². The van der Waals surface area contributed by atoms with Gasteiger partial charge in [0, 0.05) is 4.88 Å². The highest BCUT2D eigenvalue weighted by Crippen LogP contribution is 2.43. The van der Waals surface area contributed by atoms with Crippen LogP contribution in [0.15, 0.2) is 45.8 Å². The number of thiophene rings is 1. The standard InChI is InChI=1S/C16H14N2O2S2/c1-16(2,3)15-9-11(12(10-17)18-4)8-14(22(15,19)20)13-6-5-7-21-13/h5-9H,1-3H3. The van der Waals surface area contributed by atoms with Crippen molar-refractivity contribution in [2.24, 2.45) is 5.41 Å². The lowest BCUT2D eigenvalue weighted by Crippen LogP contribution is -2.21. The van der Waals surface area contributed by atoms with Gasteiger partial charge in [-0.25, -0.2) is 18.5 Å². The summed E-state index contributed by atoms with van der Waals surface area (Å²) in [7, 11) is -3.64. The SMILES string of the molecule is [C-]#[N+]C(C#N)=C1C=C(c2cccs2)S(=O)(=O)C(C(C)(C)C)=C1. The fourth-order valence-electron chi connectivity index (χ4n) is 2.13. The highest BCUT2D eigenvalue weighted by molar-refractivity contribution is 8.04. The molecule has 0 fully saturated rings. The summed E-state index contributed by atoms with van der Waals surface area (Å²) in [5.41, 5.74) is -0.380. The molecule has 6 heteroatoms. The van der Waals surface area contributed by atoms with Gasteiger partial charge in [0.1, 0.15) is 0 Å². The Morgan fingerprint density at radius 2 is 2.05 bits per heavy atom. The number of allylic oxidation sites excluding steroid dienone is 5. The van der Waals surface area contributed by atoms with Crippen LogP contribution >= 0.6 is 11.3 Å². The first-order valence-electron chi connectivity index (χ1n) is 6.46. The van der Waals surface area contributed by atoms with Crippen LogP contribution in [0.1, 0.15) is 25.6 Å². The Kier molecular flexibility index (Phi) is 4.10. The topological polar surface area (TPSA) is 62.3 Å². The van der Waals surface area contributed by atoms with Crippen molar-refractivity contribution in [2.45, 2.75) is 20.8 Å². The maximum Gasteiger partial charge on any atom is 0.269 e. The molecule has 0 bridgehead atoms. The molecule has 1 aromatic heterocycles. The molecule has 0 aromatic carbocycles. The van der Waals surface area contributed by atoms with E-state index in [4.69, 9.17) is 11.8 Å². The van der Waals surface area contributed by atoms with Crippen LogP contribution in [0.2, 0.25) is 0 Å². The smallest absolute Gasteiger partial charge is 0.226 e. The van der Waals surface area contributed by atoms with E-state index in [9.17, 15) is 8.42 Å². The first-order chi connectivity index (χ1) is 10.2. The Bertz CT molecular complexity index is 863. The zero-order valence-corrected chi connectivity index (χ0v) is 14.0. The van der Waals surface area contributed by atoms with E-state index in [2.05, 4.69) is 4.85 Å². The van der Waals surface area contributed by atoms with E-state index >= 15 is 0 Å². The summed E-state index contributed by atoms with van der Waals surface area (Å²) >= 11 is 1.32. The lowest BCUT2D eigenvalue weighted by Gasteiger charge is -2.27. The van der Waals surface area contributed by atoms with E-state index in [0.717, 1.165) is 0 Å². The second kappa shape index (κ2) is 5.57. The van der Waals surface area contributed by atoms with E-state index in [1.54, 1.807) is 38.3 Å². The molecule has 2 rings (SSSR count). The second-order valence-electron chi connectivity index (χ2n) is 5.78. The number of hydrogen-bond donors (Lipinski definition) is 0. The van der Waals surface area contributed by atoms with Gasteiger partial charge in [0.2, 0.25) is 9.84 Å². The molecule has 1 aliphatic heterocycles. The van der Waals surface area contributed by atoms with Gasteiger partial charge in [0.15, 0.2) is 0 Å². The molecule has 2 heterocycles. The lowest BCUT2D eigenvalue weighted by molar-refractivity contribution is 0.516. The normalized spacial score (nSPS) is 19.5. The molecular formula is C16H14N2O2S2. The monoisotopic (exact) mass is 330 g/mol. The van der Waals surface area contributed by atoms with Gasteiger partial charge in [-0.3, -0.25) is 0 Å². The third-order valence-corrected chi connectivity index (χ3v) is 6.40. The number of hydrogen-bond acceptors (Lipinski definition) is 4. The van der Waals surface area contributed by atoms with E-state index < -0.39 is 15.3 Å². The molecule has 0 amide bonds. The van der Waals surface area contributed by atoms with Crippen LogP contribution in [0.4, 0.5) is 0 Å². The summed E-state index contributed by atoms with van der Waals surface area (Å²) in [6, 6.07) is 5.33. The van der Waals surface area contributed by atoms with Crippen molar-refractivity contribution in [3.63, 3.8) is 0 Å². The quantitative estimate of drug-likeness (QED) is 0.574. The average Bonchev–Trinajstić information content (AvgIpc) is 2.93. The Labute approximate surface area is 134 Å². The molecule has 0 unspecified atom stereocenters. The van der Waals surface area contributed by atoms with Crippen LogP contribution in [0.25, 0.3) is 9.75 Å². The molecule has 0 radical (unpaired) electrons. The van der Waals surface area contributed by atoms with E-state index in [1.165, 1.54) is 23.5 Å². The molecule has 1 aliphatic rings. The van der Waals surface area contributed by atoms with Gasteiger partial charge in [-0.2, -0.15) is 0 Å². The average molecular weight is 330 g/mol. The molecule has 4 nitrogen and oxygen atoms in total. The van der Waals surface area contributed by atoms with Gasteiger partial charge in [-0.15, -0.1) is 11.3 Å². The molecule has 112 valence electrons. The molecule has 0 aliphatic carbocycles. The van der Waals surface area contributed by atoms with Crippen LogP contribution in [-0.2, 0) is 9.84 Å². The minimum atomic E-state index is -3.64. The highest BCUT2D eigenvalue weighted by Gasteiger charge is 2.36. The second-order valence-corrected chi connectivity index (χ2v) is 8.61. The summed E-state index contributed by atoms with van der Waals surface area (Å²) in [4.78, 5) is 4.18. The summed E-state index contributed by atoms with van der Waals surface area (Å²) in [5, 5.41) is 10.9. The van der Waals surface area contributed by atoms with Gasteiger partial charge in [-0.05, 0) is 34.6 Å². The highest BCUT2D eigenvalue weighted by atomic mass is 32.2. The van der Waals surface area contributed by atoms with E-state index in [0.29, 0.717) is 10.5 Å². The lowest BCUT2D eigenvalue weighted by atomic mass is 9.94. The molecule has 0 N–H and O–H groups in total. The van der Waals surface area contributed by atoms with Gasteiger partial charge in [0.25, 0.3) is 5.70 Å². The molecule has 22 heavy (non-hydrogen) atoms. The molecule has 0 saturated carbocycles. The van der Waals surface area contributed by atoms with Gasteiger partial charge in [-0.1, -0.05) is 26.8 Å². The minimum absolute atomic E-state index is 0.106. The maximum absolute atomic E-state index is 12.9. The predicted molar refractivity (Wildman–Crippen MR) is 88.0 cm³/mol. The third-order valence-electron chi connectivity index (χ3n) is 3.15. The van der Waals surface area contributed by atoms with Crippen molar-refractivity contribution in [2.75, 3.05) is 0 Å². The Morgan fingerprint density at radius 3 is 2.50 bits per heavy atom. The van der Waals surface area contributed by atoms with Crippen molar-refractivity contribution in [3.05, 3.63) is 62.1 Å². The summed E-state index contributed by atoms with van der Waals surface area (Å²) in [5.74, 6) is 0. The molecule has 0 saturated heterocycles. The fourth-order valence-corrected chi connectivity index (χ4v) is 5.18. The fraction of sp³-hybridized carbons (Fsp3) is 0.250. The summed E-state index contributed by atoms with van der Waals surface area (Å²) in [6.45, 7) is 12.5. The van der Waals surface area contributed by atoms with Crippen molar-refractivity contribution in [1.29, 1.82) is 5.26 Å². The van der Waals surface area contributed by atoms with Gasteiger partial charge in [0.05, 0.1) is 22.5 Å². The van der Waals surface area contributed by atoms with Crippen molar-refractivity contribution < 1.29 is 8.42 Å². The molecule has 1 aromatic rings. The predicted octanol–water partition coefficient (Wildman–Crippen LogP) is 4.14.